The van der Waals surface area contributed by atoms with Crippen molar-refractivity contribution in [2.24, 2.45) is 7.05 Å². The summed E-state index contributed by atoms with van der Waals surface area (Å²) in [4.78, 5) is 0. The second-order valence-corrected chi connectivity index (χ2v) is 4.71. The number of likely N-dealkylation sites (N-methyl/N-ethyl adjacent to an activating group) is 1. The van der Waals surface area contributed by atoms with E-state index in [-0.39, 0.29) is 0 Å². The Hall–Kier alpha value is -1.88. The monoisotopic (exact) mass is 260 g/mol. The minimum absolute atomic E-state index is 0.445. The maximum Gasteiger partial charge on any atom is 0.134 e. The largest absolute Gasteiger partial charge is 0.487 e. The Morgan fingerprint density at radius 2 is 2.05 bits per heavy atom. The first-order valence-electron chi connectivity index (χ1n) is 6.41. The topological polar surface area (TPSA) is 52.0 Å². The second-order valence-electron chi connectivity index (χ2n) is 4.71. The molecule has 0 aliphatic carbocycles. The zero-order chi connectivity index (χ0) is 13.7. The zero-order valence-electron chi connectivity index (χ0n) is 11.6. The van der Waals surface area contributed by atoms with Crippen LogP contribution in [0.3, 0.4) is 0 Å². The maximum absolute atomic E-state index is 5.66. The predicted octanol–water partition coefficient (Wildman–Crippen LogP) is 1.54. The molecule has 0 saturated carbocycles. The zero-order valence-corrected chi connectivity index (χ0v) is 11.6. The Kier molecular flexibility index (Phi) is 4.52. The number of benzene rings is 1. The molecule has 2 rings (SSSR count). The average Bonchev–Trinajstić information content (AvgIpc) is 2.83. The first-order valence-corrected chi connectivity index (χ1v) is 6.41. The standard InChI is InChI=1S/C14H20N4O/c1-11(15-2)8-12-4-6-14(7-5-12)19-10-13-9-18(3)17-16-13/h4-7,9,11,15H,8,10H2,1-3H3. The molecule has 1 aromatic carbocycles. The van der Waals surface area contributed by atoms with Crippen LogP contribution in [0.1, 0.15) is 18.2 Å². The molecule has 1 N–H and O–H groups in total. The van der Waals surface area contributed by atoms with E-state index < -0.39 is 0 Å². The van der Waals surface area contributed by atoms with Gasteiger partial charge in [-0.3, -0.25) is 4.68 Å². The summed E-state index contributed by atoms with van der Waals surface area (Å²) in [6.45, 7) is 2.61. The smallest absolute Gasteiger partial charge is 0.134 e. The molecule has 0 saturated heterocycles. The Morgan fingerprint density at radius 1 is 1.32 bits per heavy atom. The number of nitrogens with zero attached hydrogens (tertiary/aromatic N) is 3. The molecule has 0 fully saturated rings. The number of ether oxygens (including phenoxy) is 1. The molecule has 0 bridgehead atoms. The van der Waals surface area contributed by atoms with Gasteiger partial charge in [-0.15, -0.1) is 5.10 Å². The van der Waals surface area contributed by atoms with Crippen molar-refractivity contribution in [1.29, 1.82) is 0 Å². The minimum atomic E-state index is 0.445. The number of nitrogens with one attached hydrogen (secondary N) is 1. The van der Waals surface area contributed by atoms with Crippen LogP contribution in [0.4, 0.5) is 0 Å². The van der Waals surface area contributed by atoms with Crippen molar-refractivity contribution in [3.8, 4) is 5.75 Å². The fourth-order valence-electron chi connectivity index (χ4n) is 1.80. The minimum Gasteiger partial charge on any atom is -0.487 e. The lowest BCUT2D eigenvalue weighted by Gasteiger charge is -2.10. The SMILES string of the molecule is CNC(C)Cc1ccc(OCc2cn(C)nn2)cc1. The molecule has 1 aromatic heterocycles. The van der Waals surface area contributed by atoms with E-state index in [0.717, 1.165) is 17.9 Å². The van der Waals surface area contributed by atoms with Gasteiger partial charge in [-0.25, -0.2) is 0 Å². The van der Waals surface area contributed by atoms with Crippen molar-refractivity contribution in [3.63, 3.8) is 0 Å². The molecule has 5 heteroatoms. The van der Waals surface area contributed by atoms with Gasteiger partial charge in [0.2, 0.25) is 0 Å². The van der Waals surface area contributed by atoms with Gasteiger partial charge < -0.3 is 10.1 Å². The van der Waals surface area contributed by atoms with Gasteiger partial charge in [-0.2, -0.15) is 0 Å². The highest BCUT2D eigenvalue weighted by atomic mass is 16.5. The normalized spacial score (nSPS) is 12.4. The summed E-state index contributed by atoms with van der Waals surface area (Å²) in [6.07, 6.45) is 2.86. The number of rotatable bonds is 6. The number of aryl methyl sites for hydroxylation is 1. The van der Waals surface area contributed by atoms with Gasteiger partial charge in [-0.05, 0) is 38.1 Å². The van der Waals surface area contributed by atoms with Crippen LogP contribution in [0.2, 0.25) is 0 Å². The van der Waals surface area contributed by atoms with Gasteiger partial charge in [0.05, 0.1) is 6.20 Å². The summed E-state index contributed by atoms with van der Waals surface area (Å²) in [5.41, 5.74) is 2.13. The molecule has 102 valence electrons. The first kappa shape index (κ1) is 13.5. The van der Waals surface area contributed by atoms with E-state index in [2.05, 4.69) is 34.7 Å². The van der Waals surface area contributed by atoms with Crippen LogP contribution in [0.25, 0.3) is 0 Å². The number of hydrogen-bond donors (Lipinski definition) is 1. The van der Waals surface area contributed by atoms with E-state index in [1.807, 2.05) is 32.4 Å². The highest BCUT2D eigenvalue weighted by Crippen LogP contribution is 2.14. The van der Waals surface area contributed by atoms with Crippen LogP contribution in [0, 0.1) is 0 Å². The molecule has 0 aliphatic heterocycles. The van der Waals surface area contributed by atoms with E-state index in [4.69, 9.17) is 4.74 Å². The van der Waals surface area contributed by atoms with E-state index in [9.17, 15) is 0 Å². The van der Waals surface area contributed by atoms with Gasteiger partial charge in [-0.1, -0.05) is 17.3 Å². The van der Waals surface area contributed by atoms with Crippen LogP contribution in [0.5, 0.6) is 5.75 Å². The summed E-state index contributed by atoms with van der Waals surface area (Å²) in [5, 5.41) is 11.1. The van der Waals surface area contributed by atoms with E-state index in [1.165, 1.54) is 5.56 Å². The van der Waals surface area contributed by atoms with Crippen LogP contribution >= 0.6 is 0 Å². The van der Waals surface area contributed by atoms with Gasteiger partial charge in [0.25, 0.3) is 0 Å². The molecule has 5 nitrogen and oxygen atoms in total. The van der Waals surface area contributed by atoms with Crippen LogP contribution in [-0.4, -0.2) is 28.1 Å². The summed E-state index contributed by atoms with van der Waals surface area (Å²) in [7, 11) is 3.82. The number of aromatic nitrogens is 3. The Bertz CT molecular complexity index is 506. The van der Waals surface area contributed by atoms with Gasteiger partial charge in [0.1, 0.15) is 18.1 Å². The molecule has 1 heterocycles. The second kappa shape index (κ2) is 6.33. The molecule has 1 atom stereocenters. The third kappa shape index (κ3) is 4.06. The molecule has 19 heavy (non-hydrogen) atoms. The third-order valence-corrected chi connectivity index (χ3v) is 2.99. The van der Waals surface area contributed by atoms with E-state index in [1.54, 1.807) is 4.68 Å². The molecular weight excluding hydrogens is 240 g/mol. The molecule has 0 spiro atoms. The molecular formula is C14H20N4O. The van der Waals surface area contributed by atoms with Crippen molar-refractivity contribution in [1.82, 2.24) is 20.3 Å². The fraction of sp³-hybridized carbons (Fsp3) is 0.429. The molecule has 1 unspecified atom stereocenters. The molecule has 2 aromatic rings. The van der Waals surface area contributed by atoms with Crippen molar-refractivity contribution in [2.75, 3.05) is 7.05 Å². The van der Waals surface area contributed by atoms with Gasteiger partial charge in [0, 0.05) is 13.1 Å². The lowest BCUT2D eigenvalue weighted by Crippen LogP contribution is -2.23. The lowest BCUT2D eigenvalue weighted by molar-refractivity contribution is 0.301. The predicted molar refractivity (Wildman–Crippen MR) is 74.0 cm³/mol. The molecule has 0 radical (unpaired) electrons. The van der Waals surface area contributed by atoms with Crippen LogP contribution < -0.4 is 10.1 Å². The quantitative estimate of drug-likeness (QED) is 0.856. The average molecular weight is 260 g/mol. The van der Waals surface area contributed by atoms with Gasteiger partial charge in [0.15, 0.2) is 0 Å². The van der Waals surface area contributed by atoms with E-state index >= 15 is 0 Å². The maximum atomic E-state index is 5.66. The van der Waals surface area contributed by atoms with Gasteiger partial charge >= 0.3 is 0 Å². The lowest BCUT2D eigenvalue weighted by atomic mass is 10.1. The van der Waals surface area contributed by atoms with Crippen molar-refractivity contribution < 1.29 is 4.74 Å². The van der Waals surface area contributed by atoms with Crippen molar-refractivity contribution in [3.05, 3.63) is 41.7 Å². The molecule has 0 amide bonds. The van der Waals surface area contributed by atoms with Crippen molar-refractivity contribution >= 4 is 0 Å². The van der Waals surface area contributed by atoms with Crippen molar-refractivity contribution in [2.45, 2.75) is 26.0 Å². The Balaban J connectivity index is 1.88. The summed E-state index contributed by atoms with van der Waals surface area (Å²) in [6, 6.07) is 8.66. The Labute approximate surface area is 113 Å². The summed E-state index contributed by atoms with van der Waals surface area (Å²) >= 11 is 0. The summed E-state index contributed by atoms with van der Waals surface area (Å²) < 4.78 is 7.33. The summed E-state index contributed by atoms with van der Waals surface area (Å²) in [5.74, 6) is 0.853. The third-order valence-electron chi connectivity index (χ3n) is 2.99. The van der Waals surface area contributed by atoms with Crippen LogP contribution in [-0.2, 0) is 20.1 Å². The number of hydrogen-bond acceptors (Lipinski definition) is 4. The highest BCUT2D eigenvalue weighted by molar-refractivity contribution is 5.27. The highest BCUT2D eigenvalue weighted by Gasteiger charge is 2.02. The molecule has 0 aliphatic rings. The fourth-order valence-corrected chi connectivity index (χ4v) is 1.80. The van der Waals surface area contributed by atoms with E-state index in [0.29, 0.717) is 12.6 Å². The first-order chi connectivity index (χ1) is 9.17. The van der Waals surface area contributed by atoms with Crippen LogP contribution in [0.15, 0.2) is 30.5 Å². The Morgan fingerprint density at radius 3 is 2.63 bits per heavy atom.